The number of rotatable bonds is 0. The van der Waals surface area contributed by atoms with Gasteiger partial charge in [0.25, 0.3) is 0 Å². The van der Waals surface area contributed by atoms with Crippen molar-refractivity contribution in [1.29, 1.82) is 0 Å². The molecule has 0 spiro atoms. The third-order valence-corrected chi connectivity index (χ3v) is 6.65. The quantitative estimate of drug-likeness (QED) is 0.237. The van der Waals surface area contributed by atoms with Gasteiger partial charge < -0.3 is 24.5 Å². The summed E-state index contributed by atoms with van der Waals surface area (Å²) < 4.78 is 15.6. The smallest absolute Gasteiger partial charge is 0.181 e. The van der Waals surface area contributed by atoms with Crippen LogP contribution < -0.4 is 20.1 Å². The van der Waals surface area contributed by atoms with E-state index in [2.05, 4.69) is 64.1 Å². The number of aryl methyl sites for hydroxylation is 1. The molecule has 2 N–H and O–H groups in total. The van der Waals surface area contributed by atoms with Crippen LogP contribution in [0.4, 0.5) is 5.69 Å². The van der Waals surface area contributed by atoms with Crippen LogP contribution in [-0.2, 0) is 19.4 Å². The first-order valence-corrected chi connectivity index (χ1v) is 13.6. The molecule has 6 nitrogen and oxygen atoms in total. The van der Waals surface area contributed by atoms with Crippen molar-refractivity contribution in [2.24, 2.45) is 0 Å². The number of benzene rings is 4. The molecule has 0 radical (unpaired) electrons. The molecular formula is C33H35N3O3. The lowest BCUT2D eigenvalue weighted by molar-refractivity contribution is 0.171. The van der Waals surface area contributed by atoms with Gasteiger partial charge in [0.2, 0.25) is 0 Å². The lowest BCUT2D eigenvalue weighted by atomic mass is 10.0. The SMILES string of the molecule is c1ccc2c(c1)CCCN2.c1ccc2c(c1)CCNC2.c1ccc2c(c1)OCCO2.c1ccc2ocnc2c1. The molecule has 8 rings (SSSR count). The third-order valence-electron chi connectivity index (χ3n) is 6.65. The molecule has 39 heavy (non-hydrogen) atoms. The van der Waals surface area contributed by atoms with E-state index in [1.54, 1.807) is 0 Å². The van der Waals surface area contributed by atoms with Gasteiger partial charge >= 0.3 is 0 Å². The Balaban J connectivity index is 0.000000105. The first-order chi connectivity index (χ1) is 19.4. The number of oxazole rings is 1. The molecule has 0 bridgehead atoms. The van der Waals surface area contributed by atoms with E-state index in [1.807, 2.05) is 48.5 Å². The monoisotopic (exact) mass is 521 g/mol. The van der Waals surface area contributed by atoms with Gasteiger partial charge in [0, 0.05) is 18.8 Å². The molecule has 3 aliphatic rings. The van der Waals surface area contributed by atoms with Gasteiger partial charge in [-0.05, 0) is 72.8 Å². The summed E-state index contributed by atoms with van der Waals surface area (Å²) in [4.78, 5) is 3.95. The minimum absolute atomic E-state index is 0.664. The van der Waals surface area contributed by atoms with Crippen LogP contribution in [0.2, 0.25) is 0 Å². The van der Waals surface area contributed by atoms with Gasteiger partial charge in [-0.2, -0.15) is 0 Å². The van der Waals surface area contributed by atoms with Gasteiger partial charge in [0.15, 0.2) is 23.5 Å². The zero-order valence-electron chi connectivity index (χ0n) is 22.1. The Kier molecular flexibility index (Phi) is 9.47. The van der Waals surface area contributed by atoms with E-state index in [0.717, 1.165) is 42.2 Å². The molecule has 4 aromatic carbocycles. The molecule has 5 aromatic rings. The molecule has 0 atom stereocenters. The standard InChI is InChI=1S/2C9H11N.C8H8O2.C7H5NO/c1-2-6-9-8(4-1)5-3-7-10-9;1-2-4-9-7-10-6-5-8(9)3-1;1-2-4-8-7(3-1)9-5-6-10-8;1-2-4-7-6(3-1)8-5-9-7/h1-2,4,6,10H,3,5,7H2;1-4,10H,5-7H2;1-4H,5-6H2;1-5H. The predicted octanol–water partition coefficient (Wildman–Crippen LogP) is 6.66. The Labute approximate surface area is 230 Å². The summed E-state index contributed by atoms with van der Waals surface area (Å²) in [5, 5.41) is 6.70. The van der Waals surface area contributed by atoms with Crippen LogP contribution in [0, 0.1) is 0 Å². The normalized spacial score (nSPS) is 14.4. The summed E-state index contributed by atoms with van der Waals surface area (Å²) in [6.45, 7) is 4.65. The van der Waals surface area contributed by atoms with E-state index < -0.39 is 0 Å². The largest absolute Gasteiger partial charge is 0.486 e. The van der Waals surface area contributed by atoms with Crippen LogP contribution in [0.3, 0.4) is 0 Å². The van der Waals surface area contributed by atoms with Gasteiger partial charge in [0.1, 0.15) is 18.7 Å². The molecule has 0 unspecified atom stereocenters. The lowest BCUT2D eigenvalue weighted by Crippen LogP contribution is -2.23. The summed E-state index contributed by atoms with van der Waals surface area (Å²) in [6.07, 6.45) is 5.15. The highest BCUT2D eigenvalue weighted by Gasteiger charge is 2.08. The predicted molar refractivity (Wildman–Crippen MR) is 157 cm³/mol. The molecule has 0 amide bonds. The van der Waals surface area contributed by atoms with Crippen molar-refractivity contribution >= 4 is 16.8 Å². The van der Waals surface area contributed by atoms with E-state index in [1.165, 1.54) is 48.0 Å². The van der Waals surface area contributed by atoms with E-state index in [-0.39, 0.29) is 0 Å². The maximum Gasteiger partial charge on any atom is 0.181 e. The Morgan fingerprint density at radius 2 is 1.28 bits per heavy atom. The van der Waals surface area contributed by atoms with Crippen LogP contribution in [0.5, 0.6) is 11.5 Å². The molecular weight excluding hydrogens is 486 g/mol. The molecule has 0 aliphatic carbocycles. The molecule has 0 saturated heterocycles. The second-order valence-electron chi connectivity index (χ2n) is 9.35. The summed E-state index contributed by atoms with van der Waals surface area (Å²) >= 11 is 0. The van der Waals surface area contributed by atoms with Crippen molar-refractivity contribution in [2.45, 2.75) is 25.8 Å². The molecule has 0 saturated carbocycles. The van der Waals surface area contributed by atoms with Crippen molar-refractivity contribution in [3.63, 3.8) is 0 Å². The maximum absolute atomic E-state index is 5.30. The van der Waals surface area contributed by atoms with E-state index in [4.69, 9.17) is 13.9 Å². The number of fused-ring (bicyclic) bond motifs is 4. The summed E-state index contributed by atoms with van der Waals surface area (Å²) in [6, 6.07) is 32.5. The van der Waals surface area contributed by atoms with Gasteiger partial charge in [0.05, 0.1) is 0 Å². The second-order valence-corrected chi connectivity index (χ2v) is 9.35. The Hall–Kier alpha value is -4.29. The fourth-order valence-corrected chi connectivity index (χ4v) is 4.63. The number of anilines is 1. The van der Waals surface area contributed by atoms with Crippen LogP contribution in [0.1, 0.15) is 23.1 Å². The number of ether oxygens (including phenoxy) is 2. The third kappa shape index (κ3) is 7.62. The molecule has 0 fully saturated rings. The number of hydrogen-bond acceptors (Lipinski definition) is 6. The minimum atomic E-state index is 0.664. The molecule has 3 aliphatic heterocycles. The molecule has 1 aromatic heterocycles. The molecule has 200 valence electrons. The van der Waals surface area contributed by atoms with E-state index in [0.29, 0.717) is 13.2 Å². The van der Waals surface area contributed by atoms with Crippen molar-refractivity contribution in [3.05, 3.63) is 120 Å². The average Bonchev–Trinajstić information content (AvgIpc) is 3.51. The lowest BCUT2D eigenvalue weighted by Gasteiger charge is -2.17. The van der Waals surface area contributed by atoms with Crippen LogP contribution in [0.15, 0.2) is 108 Å². The van der Waals surface area contributed by atoms with Gasteiger partial charge in [-0.25, -0.2) is 4.98 Å². The summed E-state index contributed by atoms with van der Waals surface area (Å²) in [5.74, 6) is 1.71. The van der Waals surface area contributed by atoms with Crippen LogP contribution in [-0.4, -0.2) is 31.3 Å². The van der Waals surface area contributed by atoms with Gasteiger partial charge in [-0.1, -0.05) is 66.7 Å². The Morgan fingerprint density at radius 1 is 0.615 bits per heavy atom. The summed E-state index contributed by atoms with van der Waals surface area (Å²) in [7, 11) is 0. The van der Waals surface area contributed by atoms with E-state index >= 15 is 0 Å². The zero-order valence-corrected chi connectivity index (χ0v) is 22.1. The highest BCUT2D eigenvalue weighted by atomic mass is 16.6. The Morgan fingerprint density at radius 3 is 2.03 bits per heavy atom. The molecule has 6 heteroatoms. The highest BCUT2D eigenvalue weighted by molar-refractivity contribution is 5.71. The fourth-order valence-electron chi connectivity index (χ4n) is 4.63. The van der Waals surface area contributed by atoms with Crippen molar-refractivity contribution in [3.8, 4) is 11.5 Å². The fraction of sp³-hybridized carbons (Fsp3) is 0.242. The van der Waals surface area contributed by atoms with Crippen molar-refractivity contribution < 1.29 is 13.9 Å². The first kappa shape index (κ1) is 26.3. The number of hydrogen-bond donors (Lipinski definition) is 2. The van der Waals surface area contributed by atoms with Crippen LogP contribution in [0.25, 0.3) is 11.1 Å². The van der Waals surface area contributed by atoms with E-state index in [9.17, 15) is 0 Å². The minimum Gasteiger partial charge on any atom is -0.486 e. The molecule has 4 heterocycles. The number of nitrogens with zero attached hydrogens (tertiary/aromatic N) is 1. The number of nitrogens with one attached hydrogen (secondary N) is 2. The maximum atomic E-state index is 5.30. The number of para-hydroxylation sites is 5. The Bertz CT molecular complexity index is 1220. The van der Waals surface area contributed by atoms with Crippen LogP contribution >= 0.6 is 0 Å². The zero-order chi connectivity index (χ0) is 26.5. The summed E-state index contributed by atoms with van der Waals surface area (Å²) in [5.41, 5.74) is 7.53. The van der Waals surface area contributed by atoms with Crippen molar-refractivity contribution in [2.75, 3.05) is 31.6 Å². The second kappa shape index (κ2) is 14.0. The average molecular weight is 522 g/mol. The van der Waals surface area contributed by atoms with Gasteiger partial charge in [-0.15, -0.1) is 0 Å². The highest BCUT2D eigenvalue weighted by Crippen LogP contribution is 2.28. The van der Waals surface area contributed by atoms with Gasteiger partial charge in [-0.3, -0.25) is 0 Å². The van der Waals surface area contributed by atoms with Crippen molar-refractivity contribution in [1.82, 2.24) is 10.3 Å². The first-order valence-electron chi connectivity index (χ1n) is 13.6. The topological polar surface area (TPSA) is 68.5 Å². The number of aromatic nitrogens is 1.